The Balaban J connectivity index is 1.97. The fourth-order valence-electron chi connectivity index (χ4n) is 3.30. The fraction of sp³-hybridized carbons (Fsp3) is 0.625. The molecule has 2 aromatic rings. The molecule has 0 amide bonds. The SMILES string of the molecule is CCN1CCCC(n2c(CCCO)nc3cccnc32)C1. The van der Waals surface area contributed by atoms with E-state index in [-0.39, 0.29) is 6.61 Å². The first-order valence-electron chi connectivity index (χ1n) is 7.98. The molecular weight excluding hydrogens is 264 g/mol. The summed E-state index contributed by atoms with van der Waals surface area (Å²) in [6.07, 6.45) is 5.83. The summed E-state index contributed by atoms with van der Waals surface area (Å²) in [5, 5.41) is 9.12. The molecule has 0 aromatic carbocycles. The van der Waals surface area contributed by atoms with Crippen LogP contribution in [0.3, 0.4) is 0 Å². The number of rotatable bonds is 5. The molecule has 0 saturated carbocycles. The maximum absolute atomic E-state index is 9.12. The highest BCUT2D eigenvalue weighted by molar-refractivity contribution is 5.71. The van der Waals surface area contributed by atoms with Crippen LogP contribution in [-0.4, -0.2) is 50.8 Å². The molecule has 0 radical (unpaired) electrons. The Morgan fingerprint density at radius 3 is 3.14 bits per heavy atom. The van der Waals surface area contributed by atoms with Gasteiger partial charge >= 0.3 is 0 Å². The van der Waals surface area contributed by atoms with Crippen molar-refractivity contribution in [3.05, 3.63) is 24.2 Å². The Kier molecular flexibility index (Phi) is 4.51. The van der Waals surface area contributed by atoms with Crippen molar-refractivity contribution in [3.8, 4) is 0 Å². The Morgan fingerprint density at radius 2 is 2.33 bits per heavy atom. The van der Waals surface area contributed by atoms with Gasteiger partial charge in [-0.3, -0.25) is 0 Å². The number of aliphatic hydroxyl groups excluding tert-OH is 1. The third-order valence-corrected chi connectivity index (χ3v) is 4.37. The normalized spacial score (nSPS) is 20.2. The van der Waals surface area contributed by atoms with Gasteiger partial charge in [-0.2, -0.15) is 0 Å². The van der Waals surface area contributed by atoms with Gasteiger partial charge in [-0.05, 0) is 44.5 Å². The number of aromatic nitrogens is 3. The average molecular weight is 288 g/mol. The van der Waals surface area contributed by atoms with E-state index < -0.39 is 0 Å². The van der Waals surface area contributed by atoms with Gasteiger partial charge in [0.1, 0.15) is 11.3 Å². The number of piperidine rings is 1. The van der Waals surface area contributed by atoms with Gasteiger partial charge in [0.2, 0.25) is 0 Å². The van der Waals surface area contributed by atoms with Crippen molar-refractivity contribution in [3.63, 3.8) is 0 Å². The van der Waals surface area contributed by atoms with Crippen molar-refractivity contribution in [2.75, 3.05) is 26.2 Å². The smallest absolute Gasteiger partial charge is 0.160 e. The van der Waals surface area contributed by atoms with Gasteiger partial charge in [-0.1, -0.05) is 6.92 Å². The monoisotopic (exact) mass is 288 g/mol. The summed E-state index contributed by atoms with van der Waals surface area (Å²) >= 11 is 0. The third-order valence-electron chi connectivity index (χ3n) is 4.37. The van der Waals surface area contributed by atoms with E-state index in [1.54, 1.807) is 0 Å². The first-order valence-corrected chi connectivity index (χ1v) is 7.98. The molecule has 114 valence electrons. The van der Waals surface area contributed by atoms with Crippen LogP contribution in [0, 0.1) is 0 Å². The molecule has 1 saturated heterocycles. The molecule has 0 spiro atoms. The predicted octanol–water partition coefficient (Wildman–Crippen LogP) is 2.01. The van der Waals surface area contributed by atoms with Crippen LogP contribution >= 0.6 is 0 Å². The molecule has 3 rings (SSSR count). The zero-order valence-electron chi connectivity index (χ0n) is 12.7. The van der Waals surface area contributed by atoms with Crippen molar-refractivity contribution in [2.24, 2.45) is 0 Å². The minimum Gasteiger partial charge on any atom is -0.396 e. The maximum atomic E-state index is 9.12. The van der Waals surface area contributed by atoms with Gasteiger partial charge in [-0.15, -0.1) is 0 Å². The van der Waals surface area contributed by atoms with Crippen molar-refractivity contribution in [1.82, 2.24) is 19.4 Å². The molecule has 2 aromatic heterocycles. The Labute approximate surface area is 125 Å². The van der Waals surface area contributed by atoms with Crippen LogP contribution in [-0.2, 0) is 6.42 Å². The van der Waals surface area contributed by atoms with Gasteiger partial charge in [-0.25, -0.2) is 9.97 Å². The summed E-state index contributed by atoms with van der Waals surface area (Å²) in [5.41, 5.74) is 1.97. The Morgan fingerprint density at radius 1 is 1.43 bits per heavy atom. The number of aryl methyl sites for hydroxylation is 1. The summed E-state index contributed by atoms with van der Waals surface area (Å²) in [6.45, 7) is 5.80. The number of imidazole rings is 1. The molecule has 0 aliphatic carbocycles. The quantitative estimate of drug-likeness (QED) is 0.914. The van der Waals surface area contributed by atoms with E-state index in [0.717, 1.165) is 42.9 Å². The third kappa shape index (κ3) is 2.94. The van der Waals surface area contributed by atoms with Crippen molar-refractivity contribution in [1.29, 1.82) is 0 Å². The fourth-order valence-corrected chi connectivity index (χ4v) is 3.30. The van der Waals surface area contributed by atoms with Gasteiger partial charge in [0.05, 0.1) is 0 Å². The minimum absolute atomic E-state index is 0.211. The lowest BCUT2D eigenvalue weighted by molar-refractivity contribution is 0.184. The topological polar surface area (TPSA) is 54.2 Å². The van der Waals surface area contributed by atoms with Crippen LogP contribution in [0.1, 0.15) is 38.1 Å². The summed E-state index contributed by atoms with van der Waals surface area (Å²) in [7, 11) is 0. The number of likely N-dealkylation sites (N-methyl/N-ethyl adjacent to an activating group) is 1. The lowest BCUT2D eigenvalue weighted by atomic mass is 10.1. The molecule has 1 aliphatic heterocycles. The summed E-state index contributed by atoms with van der Waals surface area (Å²) < 4.78 is 2.33. The largest absolute Gasteiger partial charge is 0.396 e. The minimum atomic E-state index is 0.211. The van der Waals surface area contributed by atoms with Crippen molar-refractivity contribution >= 4 is 11.2 Å². The molecule has 1 atom stereocenters. The summed E-state index contributed by atoms with van der Waals surface area (Å²) in [6, 6.07) is 4.42. The molecule has 5 heteroatoms. The van der Waals surface area contributed by atoms with Gasteiger partial charge in [0.25, 0.3) is 0 Å². The molecule has 21 heavy (non-hydrogen) atoms. The molecule has 0 bridgehead atoms. The van der Waals surface area contributed by atoms with Crippen molar-refractivity contribution < 1.29 is 5.11 Å². The molecular formula is C16H24N4O. The highest BCUT2D eigenvalue weighted by Crippen LogP contribution is 2.27. The number of hydrogen-bond acceptors (Lipinski definition) is 4. The molecule has 1 aliphatic rings. The second kappa shape index (κ2) is 6.54. The van der Waals surface area contributed by atoms with E-state index >= 15 is 0 Å². The summed E-state index contributed by atoms with van der Waals surface area (Å²) in [5.74, 6) is 1.07. The van der Waals surface area contributed by atoms with E-state index in [4.69, 9.17) is 10.1 Å². The Bertz CT molecular complexity index is 595. The number of pyridine rings is 1. The Hall–Kier alpha value is -1.46. The standard InChI is InChI=1S/C16H24N4O/c1-2-19-10-4-6-13(12-19)20-15(8-5-11-21)18-14-7-3-9-17-16(14)20/h3,7,9,13,21H,2,4-6,8,10-12H2,1H3. The number of aliphatic hydroxyl groups is 1. The van der Waals surface area contributed by atoms with E-state index in [2.05, 4.69) is 21.4 Å². The highest BCUT2D eigenvalue weighted by Gasteiger charge is 2.24. The second-order valence-corrected chi connectivity index (χ2v) is 5.76. The molecule has 3 heterocycles. The van der Waals surface area contributed by atoms with E-state index in [0.29, 0.717) is 6.04 Å². The number of nitrogens with zero attached hydrogens (tertiary/aromatic N) is 4. The van der Waals surface area contributed by atoms with Crippen LogP contribution in [0.4, 0.5) is 0 Å². The zero-order chi connectivity index (χ0) is 14.7. The lowest BCUT2D eigenvalue weighted by Crippen LogP contribution is -2.36. The molecule has 1 unspecified atom stereocenters. The highest BCUT2D eigenvalue weighted by atomic mass is 16.2. The van der Waals surface area contributed by atoms with Crippen molar-refractivity contribution in [2.45, 2.75) is 38.6 Å². The lowest BCUT2D eigenvalue weighted by Gasteiger charge is -2.33. The van der Waals surface area contributed by atoms with Gasteiger partial charge < -0.3 is 14.6 Å². The van der Waals surface area contributed by atoms with E-state index in [1.165, 1.54) is 19.4 Å². The zero-order valence-corrected chi connectivity index (χ0v) is 12.7. The average Bonchev–Trinajstić information content (AvgIpc) is 2.91. The van der Waals surface area contributed by atoms with Crippen LogP contribution < -0.4 is 0 Å². The molecule has 1 fully saturated rings. The number of likely N-dealkylation sites (tertiary alicyclic amines) is 1. The van der Waals surface area contributed by atoms with Crippen LogP contribution in [0.15, 0.2) is 18.3 Å². The predicted molar refractivity (Wildman–Crippen MR) is 83.3 cm³/mol. The maximum Gasteiger partial charge on any atom is 0.160 e. The van der Waals surface area contributed by atoms with Gasteiger partial charge in [0, 0.05) is 31.8 Å². The van der Waals surface area contributed by atoms with Gasteiger partial charge in [0.15, 0.2) is 5.65 Å². The van der Waals surface area contributed by atoms with E-state index in [9.17, 15) is 0 Å². The first kappa shape index (κ1) is 14.5. The first-order chi connectivity index (χ1) is 10.3. The molecule has 1 N–H and O–H groups in total. The van der Waals surface area contributed by atoms with Crippen LogP contribution in [0.2, 0.25) is 0 Å². The number of hydrogen-bond donors (Lipinski definition) is 1. The second-order valence-electron chi connectivity index (χ2n) is 5.76. The number of fused-ring (bicyclic) bond motifs is 1. The molecule has 5 nitrogen and oxygen atoms in total. The van der Waals surface area contributed by atoms with Crippen LogP contribution in [0.25, 0.3) is 11.2 Å². The van der Waals surface area contributed by atoms with E-state index in [1.807, 2.05) is 18.3 Å². The summed E-state index contributed by atoms with van der Waals surface area (Å²) in [4.78, 5) is 11.8. The van der Waals surface area contributed by atoms with Crippen LogP contribution in [0.5, 0.6) is 0 Å².